The Balaban J connectivity index is 2.22. The fourth-order valence-corrected chi connectivity index (χ4v) is 1.96. The molecule has 0 saturated heterocycles. The highest BCUT2D eigenvalue weighted by Crippen LogP contribution is 2.23. The predicted molar refractivity (Wildman–Crippen MR) is 76.1 cm³/mol. The van der Waals surface area contributed by atoms with E-state index in [4.69, 9.17) is 4.74 Å². The maximum atomic E-state index is 5.33. The first-order valence-electron chi connectivity index (χ1n) is 6.30. The van der Waals surface area contributed by atoms with Crippen LogP contribution in [0, 0.1) is 6.92 Å². The molecule has 0 amide bonds. The predicted octanol–water partition coefficient (Wildman–Crippen LogP) is 1.95. The van der Waals surface area contributed by atoms with Crippen LogP contribution in [-0.4, -0.2) is 38.1 Å². The van der Waals surface area contributed by atoms with E-state index in [-0.39, 0.29) is 0 Å². The van der Waals surface area contributed by atoms with Gasteiger partial charge in [0.25, 0.3) is 0 Å². The van der Waals surface area contributed by atoms with Crippen LogP contribution in [0.2, 0.25) is 0 Å². The minimum absolute atomic E-state index is 0.299. The molecule has 0 spiro atoms. The van der Waals surface area contributed by atoms with Gasteiger partial charge >= 0.3 is 6.01 Å². The second kappa shape index (κ2) is 6.99. The van der Waals surface area contributed by atoms with Crippen LogP contribution in [0.4, 0.5) is 5.95 Å². The molecule has 0 aliphatic heterocycles. The molecule has 106 valence electrons. The highest BCUT2D eigenvalue weighted by atomic mass is 32.2. The summed E-state index contributed by atoms with van der Waals surface area (Å²) in [7, 11) is 0. The smallest absolute Gasteiger partial charge is 0.322 e. The molecule has 0 unspecified atom stereocenters. The summed E-state index contributed by atoms with van der Waals surface area (Å²) in [5, 5.41) is 4.14. The van der Waals surface area contributed by atoms with Crippen LogP contribution in [0.15, 0.2) is 22.7 Å². The molecule has 0 aliphatic carbocycles. The largest absolute Gasteiger partial charge is 0.464 e. The second-order valence-electron chi connectivity index (χ2n) is 3.83. The number of ether oxygens (including phenoxy) is 1. The number of hydrogen-bond donors (Lipinski definition) is 1. The maximum absolute atomic E-state index is 5.33. The SMILES string of the molecule is CCNc1nc(OCC)nc(Sc2ncc(C)cn2)n1. The minimum atomic E-state index is 0.299. The number of nitrogens with zero attached hydrogens (tertiary/aromatic N) is 5. The van der Waals surface area contributed by atoms with Crippen molar-refractivity contribution >= 4 is 17.7 Å². The summed E-state index contributed by atoms with van der Waals surface area (Å²) in [5.41, 5.74) is 1.01. The van der Waals surface area contributed by atoms with Crippen molar-refractivity contribution in [2.24, 2.45) is 0 Å². The lowest BCUT2D eigenvalue weighted by Crippen LogP contribution is -2.07. The van der Waals surface area contributed by atoms with E-state index in [9.17, 15) is 0 Å². The number of aryl methyl sites for hydroxylation is 1. The second-order valence-corrected chi connectivity index (χ2v) is 4.77. The Morgan fingerprint density at radius 3 is 2.50 bits per heavy atom. The zero-order chi connectivity index (χ0) is 14.4. The first kappa shape index (κ1) is 14.4. The van der Waals surface area contributed by atoms with E-state index in [0.29, 0.717) is 28.9 Å². The molecule has 2 aromatic rings. The number of nitrogens with one attached hydrogen (secondary N) is 1. The van der Waals surface area contributed by atoms with Crippen LogP contribution in [0.1, 0.15) is 19.4 Å². The van der Waals surface area contributed by atoms with Crippen molar-refractivity contribution in [3.63, 3.8) is 0 Å². The Morgan fingerprint density at radius 1 is 1.10 bits per heavy atom. The van der Waals surface area contributed by atoms with Crippen molar-refractivity contribution < 1.29 is 4.74 Å². The topological polar surface area (TPSA) is 85.7 Å². The van der Waals surface area contributed by atoms with E-state index in [1.165, 1.54) is 11.8 Å². The van der Waals surface area contributed by atoms with E-state index < -0.39 is 0 Å². The van der Waals surface area contributed by atoms with Gasteiger partial charge in [0.05, 0.1) is 6.61 Å². The van der Waals surface area contributed by atoms with Gasteiger partial charge in [0, 0.05) is 18.9 Å². The molecule has 2 rings (SSSR count). The Hall–Kier alpha value is -1.96. The molecule has 0 fully saturated rings. The quantitative estimate of drug-likeness (QED) is 0.809. The summed E-state index contributed by atoms with van der Waals surface area (Å²) in [4.78, 5) is 21.1. The van der Waals surface area contributed by atoms with Gasteiger partial charge < -0.3 is 10.1 Å². The fraction of sp³-hybridized carbons (Fsp3) is 0.417. The molecule has 2 aromatic heterocycles. The molecular formula is C12H16N6OS. The van der Waals surface area contributed by atoms with Crippen molar-refractivity contribution in [1.29, 1.82) is 0 Å². The number of rotatable bonds is 6. The zero-order valence-electron chi connectivity index (χ0n) is 11.6. The van der Waals surface area contributed by atoms with E-state index in [2.05, 4.69) is 30.2 Å². The maximum Gasteiger partial charge on any atom is 0.322 e. The van der Waals surface area contributed by atoms with Crippen molar-refractivity contribution in [2.45, 2.75) is 31.1 Å². The molecule has 0 aromatic carbocycles. The Kier molecular flexibility index (Phi) is 5.05. The van der Waals surface area contributed by atoms with E-state index in [1.807, 2.05) is 20.8 Å². The van der Waals surface area contributed by atoms with Crippen molar-refractivity contribution in [3.05, 3.63) is 18.0 Å². The highest BCUT2D eigenvalue weighted by Gasteiger charge is 2.09. The number of hydrogen-bond acceptors (Lipinski definition) is 8. The lowest BCUT2D eigenvalue weighted by molar-refractivity contribution is 0.308. The van der Waals surface area contributed by atoms with Crippen LogP contribution in [-0.2, 0) is 0 Å². The van der Waals surface area contributed by atoms with Crippen molar-refractivity contribution in [2.75, 3.05) is 18.5 Å². The van der Waals surface area contributed by atoms with Gasteiger partial charge in [0.2, 0.25) is 11.1 Å². The zero-order valence-corrected chi connectivity index (χ0v) is 12.4. The number of aromatic nitrogens is 5. The van der Waals surface area contributed by atoms with Crippen LogP contribution in [0.3, 0.4) is 0 Å². The monoisotopic (exact) mass is 292 g/mol. The molecule has 0 radical (unpaired) electrons. The summed E-state index contributed by atoms with van der Waals surface area (Å²) in [5.74, 6) is 0.487. The third kappa shape index (κ3) is 4.02. The summed E-state index contributed by atoms with van der Waals surface area (Å²) < 4.78 is 5.33. The molecule has 0 aliphatic rings. The third-order valence-corrected chi connectivity index (χ3v) is 2.90. The van der Waals surface area contributed by atoms with Gasteiger partial charge in [-0.25, -0.2) is 9.97 Å². The van der Waals surface area contributed by atoms with E-state index >= 15 is 0 Å². The van der Waals surface area contributed by atoms with Crippen LogP contribution in [0.5, 0.6) is 6.01 Å². The fourth-order valence-electron chi connectivity index (χ4n) is 1.33. The lowest BCUT2D eigenvalue weighted by Gasteiger charge is -2.06. The molecule has 8 heteroatoms. The van der Waals surface area contributed by atoms with Gasteiger partial charge in [-0.15, -0.1) is 0 Å². The highest BCUT2D eigenvalue weighted by molar-refractivity contribution is 7.99. The molecule has 20 heavy (non-hydrogen) atoms. The third-order valence-electron chi connectivity index (χ3n) is 2.14. The van der Waals surface area contributed by atoms with E-state index in [0.717, 1.165) is 12.1 Å². The van der Waals surface area contributed by atoms with Gasteiger partial charge in [-0.1, -0.05) is 0 Å². The van der Waals surface area contributed by atoms with Gasteiger partial charge in [0.1, 0.15) is 0 Å². The average molecular weight is 292 g/mol. The average Bonchev–Trinajstić information content (AvgIpc) is 2.42. The lowest BCUT2D eigenvalue weighted by atomic mass is 10.4. The van der Waals surface area contributed by atoms with E-state index in [1.54, 1.807) is 12.4 Å². The van der Waals surface area contributed by atoms with Crippen LogP contribution < -0.4 is 10.1 Å². The Labute approximate surface area is 121 Å². The molecule has 0 bridgehead atoms. The van der Waals surface area contributed by atoms with Crippen molar-refractivity contribution in [3.8, 4) is 6.01 Å². The molecule has 0 saturated carbocycles. The van der Waals surface area contributed by atoms with Crippen LogP contribution in [0.25, 0.3) is 0 Å². The van der Waals surface area contributed by atoms with Gasteiger partial charge in [-0.2, -0.15) is 15.0 Å². The normalized spacial score (nSPS) is 10.3. The standard InChI is InChI=1S/C12H16N6OS/c1-4-13-9-16-10(19-5-2)18-12(17-9)20-11-14-6-8(3)7-15-11/h6-7H,4-5H2,1-3H3,(H,13,16,17,18). The summed E-state index contributed by atoms with van der Waals surface area (Å²) in [6.45, 7) is 7.02. The molecule has 7 nitrogen and oxygen atoms in total. The van der Waals surface area contributed by atoms with Crippen LogP contribution >= 0.6 is 11.8 Å². The summed E-state index contributed by atoms with van der Waals surface area (Å²) in [6, 6.07) is 0.299. The van der Waals surface area contributed by atoms with Gasteiger partial charge in [-0.05, 0) is 38.1 Å². The minimum Gasteiger partial charge on any atom is -0.464 e. The Bertz CT molecular complexity index is 538. The molecular weight excluding hydrogens is 276 g/mol. The molecule has 1 N–H and O–H groups in total. The van der Waals surface area contributed by atoms with Gasteiger partial charge in [0.15, 0.2) is 5.16 Å². The van der Waals surface area contributed by atoms with Gasteiger partial charge in [-0.3, -0.25) is 0 Å². The summed E-state index contributed by atoms with van der Waals surface area (Å²) >= 11 is 1.27. The van der Waals surface area contributed by atoms with Crippen molar-refractivity contribution in [1.82, 2.24) is 24.9 Å². The number of anilines is 1. The molecule has 2 heterocycles. The first-order chi connectivity index (χ1) is 9.71. The summed E-state index contributed by atoms with van der Waals surface area (Å²) in [6.07, 6.45) is 3.51. The first-order valence-corrected chi connectivity index (χ1v) is 7.12. The Morgan fingerprint density at radius 2 is 1.85 bits per heavy atom. The molecule has 0 atom stereocenters.